The molecule has 0 aliphatic carbocycles. The molecule has 0 spiro atoms. The molecule has 0 fully saturated rings. The van der Waals surface area contributed by atoms with Crippen molar-refractivity contribution in [1.82, 2.24) is 4.90 Å². The Balaban J connectivity index is 1.28. The number of hydrogen-bond donors (Lipinski definition) is 0. The van der Waals surface area contributed by atoms with E-state index in [4.69, 9.17) is 14.5 Å². The van der Waals surface area contributed by atoms with Gasteiger partial charge in [-0.1, -0.05) is 18.2 Å². The van der Waals surface area contributed by atoms with E-state index in [1.54, 1.807) is 4.90 Å². The summed E-state index contributed by atoms with van der Waals surface area (Å²) in [5.74, 6) is -0.163. The molecule has 2 aliphatic rings. The van der Waals surface area contributed by atoms with Crippen LogP contribution >= 0.6 is 0 Å². The van der Waals surface area contributed by atoms with Gasteiger partial charge in [0, 0.05) is 23.4 Å². The topological polar surface area (TPSA) is 85.3 Å². The maximum absolute atomic E-state index is 15.6. The molecule has 6 rings (SSSR count). The molecular weight excluding hydrogens is 579 g/mol. The number of ether oxygens (including phenoxy) is 2. The van der Waals surface area contributed by atoms with Crippen LogP contribution < -0.4 is 9.47 Å². The normalized spacial score (nSPS) is 14.8. The lowest BCUT2D eigenvalue weighted by molar-refractivity contribution is 0.0731. The molecule has 4 aromatic rings. The van der Waals surface area contributed by atoms with E-state index in [1.807, 2.05) is 18.2 Å². The lowest BCUT2D eigenvalue weighted by Gasteiger charge is -2.22. The standard InChI is InChI=1S/C35H33FN2O5S/c1-22-5-4-6-24-7-8-26(20-31(24)37-22)25-9-15-32-27(19-25)21-38(17-18-43-32)35(39)30-14-16-33(34(36)23(30)2)44(40,41)29-12-10-28(42-3)11-13-29/h7-16,19-20H,4-6,17-18,21H2,1-3H3. The zero-order chi connectivity index (χ0) is 31.0. The van der Waals surface area contributed by atoms with E-state index in [1.165, 1.54) is 49.9 Å². The van der Waals surface area contributed by atoms with Crippen molar-refractivity contribution in [1.29, 1.82) is 0 Å². The van der Waals surface area contributed by atoms with Crippen molar-refractivity contribution in [3.63, 3.8) is 0 Å². The van der Waals surface area contributed by atoms with Crippen LogP contribution in [0, 0.1) is 12.7 Å². The largest absolute Gasteiger partial charge is 0.497 e. The highest BCUT2D eigenvalue weighted by molar-refractivity contribution is 7.91. The van der Waals surface area contributed by atoms with Crippen molar-refractivity contribution in [2.24, 2.45) is 4.99 Å². The van der Waals surface area contributed by atoms with Gasteiger partial charge in [0.25, 0.3) is 5.91 Å². The Morgan fingerprint density at radius 2 is 1.68 bits per heavy atom. The zero-order valence-corrected chi connectivity index (χ0v) is 25.7. The second kappa shape index (κ2) is 11.9. The molecule has 1 amide bonds. The maximum Gasteiger partial charge on any atom is 0.254 e. The average molecular weight is 613 g/mol. The molecule has 0 radical (unpaired) electrons. The summed E-state index contributed by atoms with van der Waals surface area (Å²) in [6.07, 6.45) is 3.08. The molecule has 0 aromatic heterocycles. The van der Waals surface area contributed by atoms with Gasteiger partial charge in [0.2, 0.25) is 9.84 Å². The Morgan fingerprint density at radius 1 is 0.932 bits per heavy atom. The van der Waals surface area contributed by atoms with Crippen LogP contribution in [0.4, 0.5) is 10.1 Å². The molecule has 2 heterocycles. The highest BCUT2D eigenvalue weighted by Gasteiger charge is 2.28. The number of fused-ring (bicyclic) bond motifs is 2. The number of halogens is 1. The molecule has 226 valence electrons. The second-order valence-electron chi connectivity index (χ2n) is 11.2. The monoisotopic (exact) mass is 612 g/mol. The number of carbonyl (C=O) groups excluding carboxylic acids is 1. The first-order valence-corrected chi connectivity index (χ1v) is 16.0. The highest BCUT2D eigenvalue weighted by atomic mass is 32.2. The van der Waals surface area contributed by atoms with Crippen molar-refractivity contribution in [3.05, 3.63) is 101 Å². The number of sulfone groups is 1. The Kier molecular flexibility index (Phi) is 7.98. The molecule has 0 bridgehead atoms. The van der Waals surface area contributed by atoms with Gasteiger partial charge in [-0.25, -0.2) is 12.8 Å². The summed E-state index contributed by atoms with van der Waals surface area (Å²) >= 11 is 0. The second-order valence-corrected chi connectivity index (χ2v) is 13.1. The lowest BCUT2D eigenvalue weighted by Crippen LogP contribution is -2.33. The molecule has 0 N–H and O–H groups in total. The first-order valence-electron chi connectivity index (χ1n) is 14.6. The van der Waals surface area contributed by atoms with Crippen LogP contribution in [0.2, 0.25) is 0 Å². The Morgan fingerprint density at radius 3 is 2.45 bits per heavy atom. The number of benzene rings is 4. The first-order chi connectivity index (χ1) is 21.2. The van der Waals surface area contributed by atoms with Crippen LogP contribution in [0.3, 0.4) is 0 Å². The third-order valence-corrected chi connectivity index (χ3v) is 10.1. The van der Waals surface area contributed by atoms with Gasteiger partial charge in [-0.15, -0.1) is 0 Å². The quantitative estimate of drug-likeness (QED) is 0.240. The van der Waals surface area contributed by atoms with Crippen LogP contribution in [-0.2, 0) is 22.8 Å². The summed E-state index contributed by atoms with van der Waals surface area (Å²) in [6, 6.07) is 20.6. The zero-order valence-electron chi connectivity index (χ0n) is 24.9. The van der Waals surface area contributed by atoms with Crippen LogP contribution in [0.5, 0.6) is 11.5 Å². The molecule has 0 saturated heterocycles. The summed E-state index contributed by atoms with van der Waals surface area (Å²) < 4.78 is 53.2. The molecule has 44 heavy (non-hydrogen) atoms. The SMILES string of the molecule is COc1ccc(S(=O)(=O)c2ccc(C(=O)N3CCOc4ccc(-c5ccc6c(c5)N=C(C)CCC6)cc4C3)c(C)c2F)cc1. The van der Waals surface area contributed by atoms with Crippen molar-refractivity contribution in [3.8, 4) is 22.6 Å². The first kappa shape index (κ1) is 29.6. The molecule has 0 saturated carbocycles. The van der Waals surface area contributed by atoms with Crippen molar-refractivity contribution in [2.75, 3.05) is 20.3 Å². The van der Waals surface area contributed by atoms with Crippen molar-refractivity contribution in [2.45, 2.75) is 49.4 Å². The Bertz CT molecular complexity index is 1900. The van der Waals surface area contributed by atoms with Gasteiger partial charge in [-0.3, -0.25) is 9.79 Å². The van der Waals surface area contributed by atoms with Gasteiger partial charge < -0.3 is 14.4 Å². The van der Waals surface area contributed by atoms with Gasteiger partial charge in [0.15, 0.2) is 0 Å². The van der Waals surface area contributed by atoms with Crippen molar-refractivity contribution >= 4 is 27.1 Å². The van der Waals surface area contributed by atoms with Crippen LogP contribution in [0.15, 0.2) is 87.6 Å². The minimum absolute atomic E-state index is 0.0236. The fourth-order valence-electron chi connectivity index (χ4n) is 5.75. The lowest BCUT2D eigenvalue weighted by atomic mass is 9.98. The number of methoxy groups -OCH3 is 1. The van der Waals surface area contributed by atoms with Crippen molar-refractivity contribution < 1.29 is 27.1 Å². The number of rotatable bonds is 5. The summed E-state index contributed by atoms with van der Waals surface area (Å²) in [7, 11) is -2.68. The van der Waals surface area contributed by atoms with Crippen LogP contribution in [-0.4, -0.2) is 45.2 Å². The fourth-order valence-corrected chi connectivity index (χ4v) is 7.14. The molecule has 0 unspecified atom stereocenters. The van der Waals surface area contributed by atoms with E-state index in [0.717, 1.165) is 53.4 Å². The molecule has 7 nitrogen and oxygen atoms in total. The number of aryl methyl sites for hydroxylation is 1. The number of hydrogen-bond acceptors (Lipinski definition) is 6. The third-order valence-electron chi connectivity index (χ3n) is 8.28. The van der Waals surface area contributed by atoms with Crippen LogP contribution in [0.25, 0.3) is 11.1 Å². The minimum Gasteiger partial charge on any atom is -0.497 e. The smallest absolute Gasteiger partial charge is 0.254 e. The molecule has 2 aliphatic heterocycles. The van der Waals surface area contributed by atoms with Gasteiger partial charge in [-0.05, 0) is 110 Å². The number of amides is 1. The predicted octanol–water partition coefficient (Wildman–Crippen LogP) is 7.11. The summed E-state index contributed by atoms with van der Waals surface area (Å²) in [5, 5.41) is 0. The molecule has 0 atom stereocenters. The van der Waals surface area contributed by atoms with E-state index in [9.17, 15) is 13.2 Å². The van der Waals surface area contributed by atoms with Crippen LogP contribution in [0.1, 0.15) is 46.8 Å². The van der Waals surface area contributed by atoms with E-state index in [2.05, 4.69) is 25.1 Å². The number of carbonyl (C=O) groups is 1. The predicted molar refractivity (Wildman–Crippen MR) is 167 cm³/mol. The third kappa shape index (κ3) is 5.59. The average Bonchev–Trinajstić information content (AvgIpc) is 3.36. The highest BCUT2D eigenvalue weighted by Crippen LogP contribution is 2.35. The fraction of sp³-hybridized carbons (Fsp3) is 0.257. The molecule has 9 heteroatoms. The molecule has 4 aromatic carbocycles. The van der Waals surface area contributed by atoms with E-state index >= 15 is 4.39 Å². The van der Waals surface area contributed by atoms with E-state index in [0.29, 0.717) is 18.0 Å². The van der Waals surface area contributed by atoms with Gasteiger partial charge in [0.05, 0.1) is 24.2 Å². The van der Waals surface area contributed by atoms with Gasteiger partial charge in [-0.2, -0.15) is 0 Å². The molecular formula is C35H33FN2O5S. The van der Waals surface area contributed by atoms with E-state index < -0.39 is 26.5 Å². The Hall–Kier alpha value is -4.50. The summed E-state index contributed by atoms with van der Waals surface area (Å²) in [5.41, 5.74) is 6.29. The minimum atomic E-state index is -4.16. The van der Waals surface area contributed by atoms with E-state index in [-0.39, 0.29) is 29.2 Å². The number of nitrogens with zero attached hydrogens (tertiary/aromatic N) is 2. The summed E-state index contributed by atoms with van der Waals surface area (Å²) in [4.78, 5) is 19.6. The number of aliphatic imine (C=N–C) groups is 1. The summed E-state index contributed by atoms with van der Waals surface area (Å²) in [6.45, 7) is 4.32. The van der Waals surface area contributed by atoms with Gasteiger partial charge >= 0.3 is 0 Å². The van der Waals surface area contributed by atoms with Gasteiger partial charge in [0.1, 0.15) is 28.8 Å². The Labute approximate surface area is 256 Å². The maximum atomic E-state index is 15.6.